The van der Waals surface area contributed by atoms with Gasteiger partial charge in [0.1, 0.15) is 0 Å². The zero-order chi connectivity index (χ0) is 25.3. The summed E-state index contributed by atoms with van der Waals surface area (Å²) < 4.78 is 0. The Balaban J connectivity index is 0.00000210. The molecular formula is C29H38N4O2. The van der Waals surface area contributed by atoms with Gasteiger partial charge < -0.3 is 15.5 Å². The molecule has 0 radical (unpaired) electrons. The second-order valence-corrected chi connectivity index (χ2v) is 8.14. The van der Waals surface area contributed by atoms with Crippen LogP contribution in [0.1, 0.15) is 38.3 Å². The van der Waals surface area contributed by atoms with Crippen LogP contribution in [-0.2, 0) is 22.6 Å². The molecule has 0 saturated heterocycles. The van der Waals surface area contributed by atoms with E-state index in [1.807, 2.05) is 56.3 Å². The second kappa shape index (κ2) is 16.2. The molecule has 2 N–H and O–H groups in total. The van der Waals surface area contributed by atoms with E-state index in [2.05, 4.69) is 39.9 Å². The number of nitrogens with zero attached hydrogens (tertiary/aromatic N) is 2. The van der Waals surface area contributed by atoms with Gasteiger partial charge >= 0.3 is 0 Å². The molecule has 0 aliphatic rings. The fourth-order valence-corrected chi connectivity index (χ4v) is 3.83. The van der Waals surface area contributed by atoms with Gasteiger partial charge in [0.15, 0.2) is 0 Å². The number of amides is 2. The average Bonchev–Trinajstić information content (AvgIpc) is 2.90. The van der Waals surface area contributed by atoms with Crippen LogP contribution in [0, 0.1) is 0 Å². The van der Waals surface area contributed by atoms with Crippen LogP contribution in [0.4, 0.5) is 0 Å². The Hall–Kier alpha value is -3.51. The lowest BCUT2D eigenvalue weighted by molar-refractivity contribution is -0.120. The van der Waals surface area contributed by atoms with Crippen molar-refractivity contribution in [2.75, 3.05) is 19.6 Å². The molecule has 0 aliphatic carbocycles. The maximum absolute atomic E-state index is 11.7. The van der Waals surface area contributed by atoms with E-state index in [1.54, 1.807) is 24.2 Å². The van der Waals surface area contributed by atoms with Gasteiger partial charge in [-0.2, -0.15) is 0 Å². The molecule has 1 heterocycles. The van der Waals surface area contributed by atoms with Gasteiger partial charge in [0.05, 0.1) is 0 Å². The number of carbonyl (C=O) groups is 2. The van der Waals surface area contributed by atoms with Crippen molar-refractivity contribution in [2.45, 2.75) is 46.2 Å². The Kier molecular flexibility index (Phi) is 12.8. The number of aromatic nitrogens is 1. The van der Waals surface area contributed by atoms with Crippen molar-refractivity contribution >= 4 is 12.3 Å². The number of rotatable bonds is 13. The molecule has 6 nitrogen and oxygen atoms in total. The highest BCUT2D eigenvalue weighted by molar-refractivity contribution is 5.73. The minimum absolute atomic E-state index is 0.0275. The van der Waals surface area contributed by atoms with Gasteiger partial charge in [0.2, 0.25) is 12.3 Å². The van der Waals surface area contributed by atoms with E-state index in [9.17, 15) is 9.59 Å². The highest BCUT2D eigenvalue weighted by Crippen LogP contribution is 2.20. The lowest BCUT2D eigenvalue weighted by Crippen LogP contribution is -2.38. The molecule has 1 atom stereocenters. The van der Waals surface area contributed by atoms with Crippen LogP contribution >= 0.6 is 0 Å². The molecule has 0 aliphatic heterocycles. The largest absolute Gasteiger partial charge is 0.353 e. The second-order valence-electron chi connectivity index (χ2n) is 8.14. The fourth-order valence-electron chi connectivity index (χ4n) is 3.83. The van der Waals surface area contributed by atoms with Crippen molar-refractivity contribution < 1.29 is 9.59 Å². The topological polar surface area (TPSA) is 74.3 Å². The molecule has 3 aromatic rings. The zero-order valence-electron chi connectivity index (χ0n) is 21.1. The first-order valence-electron chi connectivity index (χ1n) is 12.3. The first-order valence-corrected chi connectivity index (χ1v) is 12.3. The molecule has 186 valence electrons. The normalized spacial score (nSPS) is 11.1. The van der Waals surface area contributed by atoms with Crippen molar-refractivity contribution in [3.05, 3.63) is 90.3 Å². The molecule has 0 bridgehead atoms. The fraction of sp³-hybridized carbons (Fsp3) is 0.345. The molecule has 1 aromatic heterocycles. The van der Waals surface area contributed by atoms with Crippen molar-refractivity contribution in [2.24, 2.45) is 0 Å². The van der Waals surface area contributed by atoms with Crippen molar-refractivity contribution in [3.8, 4) is 11.1 Å². The van der Waals surface area contributed by atoms with Crippen LogP contribution in [0.5, 0.6) is 0 Å². The van der Waals surface area contributed by atoms with E-state index < -0.39 is 0 Å². The van der Waals surface area contributed by atoms with Gasteiger partial charge in [-0.15, -0.1) is 0 Å². The van der Waals surface area contributed by atoms with Crippen molar-refractivity contribution in [3.63, 3.8) is 0 Å². The summed E-state index contributed by atoms with van der Waals surface area (Å²) in [6.07, 6.45) is 6.04. The van der Waals surface area contributed by atoms with Gasteiger partial charge in [-0.3, -0.25) is 14.6 Å². The SMILES string of the molecule is CC.CC(=O)N[C@H](CCNCCN(C=O)Cc1ccccc1)Cc1cccc(-c2ccncc2)c1. The van der Waals surface area contributed by atoms with E-state index in [1.165, 1.54) is 5.56 Å². The monoisotopic (exact) mass is 474 g/mol. The van der Waals surface area contributed by atoms with Gasteiger partial charge in [-0.05, 0) is 53.8 Å². The first kappa shape index (κ1) is 27.7. The number of nitrogens with one attached hydrogen (secondary N) is 2. The lowest BCUT2D eigenvalue weighted by atomic mass is 9.98. The summed E-state index contributed by atoms with van der Waals surface area (Å²) in [5, 5.41) is 6.48. The van der Waals surface area contributed by atoms with Crippen molar-refractivity contribution in [1.82, 2.24) is 20.5 Å². The van der Waals surface area contributed by atoms with Gasteiger partial charge in [-0.25, -0.2) is 0 Å². The van der Waals surface area contributed by atoms with Crippen LogP contribution in [0.3, 0.4) is 0 Å². The van der Waals surface area contributed by atoms with Crippen LogP contribution in [-0.4, -0.2) is 47.9 Å². The minimum Gasteiger partial charge on any atom is -0.353 e. The van der Waals surface area contributed by atoms with Gasteiger partial charge in [0.25, 0.3) is 0 Å². The van der Waals surface area contributed by atoms with E-state index in [4.69, 9.17) is 0 Å². The molecule has 6 heteroatoms. The Labute approximate surface area is 209 Å². The Bertz CT molecular complexity index is 996. The lowest BCUT2D eigenvalue weighted by Gasteiger charge is -2.20. The molecule has 2 aromatic carbocycles. The summed E-state index contributed by atoms with van der Waals surface area (Å²) in [6, 6.07) is 22.4. The van der Waals surface area contributed by atoms with E-state index in [-0.39, 0.29) is 11.9 Å². The smallest absolute Gasteiger partial charge is 0.217 e. The van der Waals surface area contributed by atoms with Crippen molar-refractivity contribution in [1.29, 1.82) is 0 Å². The molecular weight excluding hydrogens is 436 g/mol. The average molecular weight is 475 g/mol. The third kappa shape index (κ3) is 10.5. The number of hydrogen-bond acceptors (Lipinski definition) is 4. The predicted molar refractivity (Wildman–Crippen MR) is 143 cm³/mol. The molecule has 0 unspecified atom stereocenters. The molecule has 0 saturated carbocycles. The summed E-state index contributed by atoms with van der Waals surface area (Å²) in [5.41, 5.74) is 4.56. The number of hydrogen-bond donors (Lipinski definition) is 2. The molecule has 2 amide bonds. The summed E-state index contributed by atoms with van der Waals surface area (Å²) >= 11 is 0. The Morgan fingerprint density at radius 2 is 1.66 bits per heavy atom. The molecule has 0 spiro atoms. The maximum Gasteiger partial charge on any atom is 0.217 e. The molecule has 35 heavy (non-hydrogen) atoms. The van der Waals surface area contributed by atoms with E-state index in [0.717, 1.165) is 42.5 Å². The van der Waals surface area contributed by atoms with Crippen LogP contribution in [0.15, 0.2) is 79.1 Å². The third-order valence-corrected chi connectivity index (χ3v) is 5.45. The summed E-state index contributed by atoms with van der Waals surface area (Å²) in [5.74, 6) is -0.0275. The zero-order valence-corrected chi connectivity index (χ0v) is 21.1. The number of carbonyl (C=O) groups excluding carboxylic acids is 2. The standard InChI is InChI=1S/C27H32N4O2.C2H6/c1-22(33)30-27(19-24-8-5-9-26(18-24)25-10-13-28-14-11-25)12-15-29-16-17-31(21-32)20-23-6-3-2-4-7-23;1-2/h2-11,13-14,18,21,27,29H,12,15-17,19-20H2,1H3,(H,30,33);1-2H3/t27-;/m1./s1. The highest BCUT2D eigenvalue weighted by Gasteiger charge is 2.12. The maximum atomic E-state index is 11.7. The number of benzene rings is 2. The summed E-state index contributed by atoms with van der Waals surface area (Å²) in [7, 11) is 0. The van der Waals surface area contributed by atoms with Crippen LogP contribution in [0.25, 0.3) is 11.1 Å². The van der Waals surface area contributed by atoms with Gasteiger partial charge in [-0.1, -0.05) is 68.4 Å². The quantitative estimate of drug-likeness (QED) is 0.283. The molecule has 3 rings (SSSR count). The Morgan fingerprint density at radius 3 is 2.34 bits per heavy atom. The summed E-state index contributed by atoms with van der Waals surface area (Å²) in [4.78, 5) is 29.0. The van der Waals surface area contributed by atoms with Crippen LogP contribution in [0.2, 0.25) is 0 Å². The van der Waals surface area contributed by atoms with E-state index in [0.29, 0.717) is 19.6 Å². The Morgan fingerprint density at radius 1 is 0.943 bits per heavy atom. The summed E-state index contributed by atoms with van der Waals surface area (Å²) in [6.45, 7) is 8.26. The predicted octanol–water partition coefficient (Wildman–Crippen LogP) is 4.46. The van der Waals surface area contributed by atoms with Gasteiger partial charge in [0, 0.05) is 45.0 Å². The number of pyridine rings is 1. The third-order valence-electron chi connectivity index (χ3n) is 5.45. The first-order chi connectivity index (χ1) is 17.1. The molecule has 0 fully saturated rings. The highest BCUT2D eigenvalue weighted by atomic mass is 16.1. The van der Waals surface area contributed by atoms with E-state index >= 15 is 0 Å². The minimum atomic E-state index is -0.0275. The van der Waals surface area contributed by atoms with Crippen LogP contribution < -0.4 is 10.6 Å².